The molecular weight excluding hydrogens is 228 g/mol. The Kier molecular flexibility index (Phi) is 1.83. The number of esters is 1. The molecular formula is C15H18O3. The Balaban J connectivity index is 1.87. The monoisotopic (exact) mass is 246 g/mol. The van der Waals surface area contributed by atoms with Crippen molar-refractivity contribution in [3.63, 3.8) is 0 Å². The van der Waals surface area contributed by atoms with E-state index in [2.05, 4.69) is 13.0 Å². The van der Waals surface area contributed by atoms with Crippen molar-refractivity contribution in [3.8, 4) is 0 Å². The molecule has 1 saturated heterocycles. The molecule has 0 amide bonds. The summed E-state index contributed by atoms with van der Waals surface area (Å²) in [5, 5.41) is 0. The molecule has 3 aliphatic carbocycles. The Morgan fingerprint density at radius 3 is 2.78 bits per heavy atom. The van der Waals surface area contributed by atoms with Gasteiger partial charge in [0.1, 0.15) is 5.60 Å². The van der Waals surface area contributed by atoms with E-state index in [-0.39, 0.29) is 34.6 Å². The molecule has 3 fully saturated rings. The van der Waals surface area contributed by atoms with Gasteiger partial charge in [0.25, 0.3) is 0 Å². The fraction of sp³-hybridized carbons (Fsp3) is 0.733. The highest BCUT2D eigenvalue weighted by Crippen LogP contribution is 2.70. The van der Waals surface area contributed by atoms with Gasteiger partial charge in [-0.15, -0.1) is 0 Å². The van der Waals surface area contributed by atoms with Gasteiger partial charge in [-0.25, -0.2) is 0 Å². The average molecular weight is 246 g/mol. The van der Waals surface area contributed by atoms with Crippen LogP contribution in [-0.2, 0) is 14.3 Å². The first-order valence-electron chi connectivity index (χ1n) is 6.99. The van der Waals surface area contributed by atoms with Crippen molar-refractivity contribution in [1.29, 1.82) is 0 Å². The minimum atomic E-state index is -0.305. The Bertz CT molecular complexity index is 474. The van der Waals surface area contributed by atoms with Crippen LogP contribution in [0, 0.1) is 23.2 Å². The third kappa shape index (κ3) is 1.15. The zero-order valence-corrected chi connectivity index (χ0v) is 10.6. The molecule has 0 radical (unpaired) electrons. The maximum atomic E-state index is 12.1. The second-order valence-electron chi connectivity index (χ2n) is 6.73. The standard InChI is InChI=1S/C15H18O3/c1-14-5-4-9-2-3-10(16)8-11(13(17)18-14)12(14)15(9)6-7-15/h2-3,9,11-12H,4-8H2,1H3/b3-2-/t9?,11-,12?,14+/m1/s1. The molecule has 4 aliphatic rings. The molecule has 4 rings (SSSR count). The first-order valence-corrected chi connectivity index (χ1v) is 6.99. The molecule has 1 spiro atoms. The van der Waals surface area contributed by atoms with Gasteiger partial charge >= 0.3 is 5.97 Å². The van der Waals surface area contributed by atoms with Gasteiger partial charge in [-0.1, -0.05) is 6.08 Å². The molecule has 2 saturated carbocycles. The summed E-state index contributed by atoms with van der Waals surface area (Å²) in [6.07, 6.45) is 8.59. The van der Waals surface area contributed by atoms with E-state index in [0.29, 0.717) is 12.3 Å². The van der Waals surface area contributed by atoms with Gasteiger partial charge in [0, 0.05) is 12.3 Å². The van der Waals surface area contributed by atoms with Crippen LogP contribution in [0.4, 0.5) is 0 Å². The van der Waals surface area contributed by atoms with Gasteiger partial charge in [-0.3, -0.25) is 9.59 Å². The summed E-state index contributed by atoms with van der Waals surface area (Å²) in [6.45, 7) is 2.08. The van der Waals surface area contributed by atoms with Crippen molar-refractivity contribution >= 4 is 11.8 Å². The minimum absolute atomic E-state index is 0.0913. The van der Waals surface area contributed by atoms with Gasteiger partial charge in [-0.05, 0) is 50.0 Å². The minimum Gasteiger partial charge on any atom is -0.459 e. The number of ether oxygens (including phenoxy) is 1. The SMILES string of the molecule is C[C@@]12CCC3/C=C\C(=O)C[C@@H](C(=O)O1)C2C31CC1. The van der Waals surface area contributed by atoms with Crippen molar-refractivity contribution in [2.45, 2.75) is 44.6 Å². The third-order valence-electron chi connectivity index (χ3n) is 5.77. The second kappa shape index (κ2) is 3.06. The quantitative estimate of drug-likeness (QED) is 0.616. The lowest BCUT2D eigenvalue weighted by atomic mass is 9.58. The maximum Gasteiger partial charge on any atom is 0.310 e. The lowest BCUT2D eigenvalue weighted by Crippen LogP contribution is -2.47. The van der Waals surface area contributed by atoms with Crippen LogP contribution in [0.25, 0.3) is 0 Å². The van der Waals surface area contributed by atoms with E-state index in [9.17, 15) is 9.59 Å². The number of allylic oxidation sites excluding steroid dienone is 2. The molecule has 0 aromatic carbocycles. The molecule has 2 unspecified atom stereocenters. The lowest BCUT2D eigenvalue weighted by molar-refractivity contribution is -0.152. The highest BCUT2D eigenvalue weighted by atomic mass is 16.6. The van der Waals surface area contributed by atoms with E-state index in [0.717, 1.165) is 12.8 Å². The molecule has 3 nitrogen and oxygen atoms in total. The molecule has 4 atom stereocenters. The van der Waals surface area contributed by atoms with Crippen LogP contribution in [-0.4, -0.2) is 17.4 Å². The summed E-state index contributed by atoms with van der Waals surface area (Å²) in [7, 11) is 0. The Labute approximate surface area is 107 Å². The van der Waals surface area contributed by atoms with Crippen molar-refractivity contribution in [2.24, 2.45) is 23.2 Å². The Hall–Kier alpha value is -1.12. The van der Waals surface area contributed by atoms with Gasteiger partial charge in [-0.2, -0.15) is 0 Å². The van der Waals surface area contributed by atoms with Crippen LogP contribution in [0.3, 0.4) is 0 Å². The van der Waals surface area contributed by atoms with E-state index in [4.69, 9.17) is 4.74 Å². The van der Waals surface area contributed by atoms with Crippen molar-refractivity contribution in [2.75, 3.05) is 0 Å². The van der Waals surface area contributed by atoms with E-state index < -0.39 is 0 Å². The van der Waals surface area contributed by atoms with Crippen molar-refractivity contribution < 1.29 is 14.3 Å². The van der Waals surface area contributed by atoms with Crippen LogP contribution < -0.4 is 0 Å². The maximum absolute atomic E-state index is 12.1. The molecule has 3 heteroatoms. The number of hydrogen-bond donors (Lipinski definition) is 0. The van der Waals surface area contributed by atoms with Crippen molar-refractivity contribution in [3.05, 3.63) is 12.2 Å². The molecule has 96 valence electrons. The molecule has 0 N–H and O–H groups in total. The highest BCUT2D eigenvalue weighted by Gasteiger charge is 2.69. The number of ketones is 1. The second-order valence-corrected chi connectivity index (χ2v) is 6.73. The number of carbonyl (C=O) groups is 2. The summed E-state index contributed by atoms with van der Waals surface area (Å²) in [4.78, 5) is 24.0. The Morgan fingerprint density at radius 1 is 1.28 bits per heavy atom. The summed E-state index contributed by atoms with van der Waals surface area (Å²) in [5.41, 5.74) is -0.0404. The van der Waals surface area contributed by atoms with Gasteiger partial charge in [0.15, 0.2) is 5.78 Å². The largest absolute Gasteiger partial charge is 0.459 e. The van der Waals surface area contributed by atoms with Crippen LogP contribution in [0.1, 0.15) is 39.0 Å². The summed E-state index contributed by atoms with van der Waals surface area (Å²) < 4.78 is 5.70. The molecule has 18 heavy (non-hydrogen) atoms. The van der Waals surface area contributed by atoms with Crippen molar-refractivity contribution in [1.82, 2.24) is 0 Å². The fourth-order valence-electron chi connectivity index (χ4n) is 4.93. The smallest absolute Gasteiger partial charge is 0.310 e. The normalized spacial score (nSPS) is 49.5. The predicted octanol–water partition coefficient (Wildman–Crippen LogP) is 2.25. The van der Waals surface area contributed by atoms with Crippen LogP contribution >= 0.6 is 0 Å². The lowest BCUT2D eigenvalue weighted by Gasteiger charge is -2.46. The van der Waals surface area contributed by atoms with Gasteiger partial charge < -0.3 is 4.74 Å². The van der Waals surface area contributed by atoms with E-state index >= 15 is 0 Å². The predicted molar refractivity (Wildman–Crippen MR) is 64.6 cm³/mol. The van der Waals surface area contributed by atoms with E-state index in [1.54, 1.807) is 6.08 Å². The molecule has 1 heterocycles. The molecule has 1 aliphatic heterocycles. The molecule has 2 bridgehead atoms. The number of carbonyl (C=O) groups excluding carboxylic acids is 2. The summed E-state index contributed by atoms with van der Waals surface area (Å²) in [5.74, 6) is 0.534. The summed E-state index contributed by atoms with van der Waals surface area (Å²) in [6, 6.07) is 0. The van der Waals surface area contributed by atoms with Gasteiger partial charge in [0.05, 0.1) is 5.92 Å². The van der Waals surface area contributed by atoms with Crippen LogP contribution in [0.2, 0.25) is 0 Å². The fourth-order valence-corrected chi connectivity index (χ4v) is 4.93. The van der Waals surface area contributed by atoms with E-state index in [1.807, 2.05) is 0 Å². The number of rotatable bonds is 0. The summed E-state index contributed by atoms with van der Waals surface area (Å²) >= 11 is 0. The highest BCUT2D eigenvalue weighted by molar-refractivity contribution is 5.93. The molecule has 0 aromatic heterocycles. The average Bonchev–Trinajstić information content (AvgIpc) is 3.02. The first-order chi connectivity index (χ1) is 8.55. The van der Waals surface area contributed by atoms with Gasteiger partial charge in [0.2, 0.25) is 0 Å². The topological polar surface area (TPSA) is 43.4 Å². The zero-order valence-electron chi connectivity index (χ0n) is 10.6. The van der Waals surface area contributed by atoms with Crippen LogP contribution in [0.15, 0.2) is 12.2 Å². The van der Waals surface area contributed by atoms with Crippen LogP contribution in [0.5, 0.6) is 0 Å². The van der Waals surface area contributed by atoms with E-state index in [1.165, 1.54) is 12.8 Å². The third-order valence-corrected chi connectivity index (χ3v) is 5.77. The molecule has 0 aromatic rings. The number of hydrogen-bond acceptors (Lipinski definition) is 3. The Morgan fingerprint density at radius 2 is 2.06 bits per heavy atom. The zero-order chi connectivity index (χ0) is 12.5. The first kappa shape index (κ1) is 10.8.